The van der Waals surface area contributed by atoms with Crippen molar-refractivity contribution in [3.05, 3.63) is 64.7 Å². The zero-order valence-corrected chi connectivity index (χ0v) is 18.9. The lowest BCUT2D eigenvalue weighted by Crippen LogP contribution is -2.36. The van der Waals surface area contributed by atoms with Crippen LogP contribution in [0.15, 0.2) is 36.7 Å². The first-order chi connectivity index (χ1) is 15.6. The van der Waals surface area contributed by atoms with Crippen molar-refractivity contribution in [3.63, 3.8) is 0 Å². The van der Waals surface area contributed by atoms with Gasteiger partial charge < -0.3 is 4.90 Å². The highest BCUT2D eigenvalue weighted by Gasteiger charge is 2.28. The summed E-state index contributed by atoms with van der Waals surface area (Å²) in [5.74, 6) is -0.0309. The number of aryl methyl sites for hydroxylation is 1. The summed E-state index contributed by atoms with van der Waals surface area (Å²) in [4.78, 5) is 17.4. The van der Waals surface area contributed by atoms with Crippen LogP contribution < -0.4 is 0 Å². The smallest absolute Gasteiger partial charge is 0.276 e. The average Bonchev–Trinajstić information content (AvgIpc) is 3.55. The van der Waals surface area contributed by atoms with Crippen LogP contribution >= 0.6 is 0 Å². The highest BCUT2D eigenvalue weighted by molar-refractivity contribution is 5.92. The normalized spacial score (nSPS) is 18.8. The van der Waals surface area contributed by atoms with E-state index in [0.29, 0.717) is 18.3 Å². The van der Waals surface area contributed by atoms with Gasteiger partial charge in [-0.15, -0.1) is 5.10 Å². The lowest BCUT2D eigenvalue weighted by Gasteiger charge is -2.28. The highest BCUT2D eigenvalue weighted by Crippen LogP contribution is 2.23. The van der Waals surface area contributed by atoms with Gasteiger partial charge in [0.2, 0.25) is 0 Å². The lowest BCUT2D eigenvalue weighted by atomic mass is 10.00. The SMILES string of the molecule is CCn1ncc(CN2CCC[C@H]2Cn2cc(C(=O)N3CCc4ccccc4C3)nn2)c1C. The van der Waals surface area contributed by atoms with Crippen LogP contribution in [0.25, 0.3) is 0 Å². The molecule has 4 heterocycles. The van der Waals surface area contributed by atoms with Gasteiger partial charge in [-0.05, 0) is 50.8 Å². The van der Waals surface area contributed by atoms with Crippen molar-refractivity contribution in [3.8, 4) is 0 Å². The van der Waals surface area contributed by atoms with E-state index in [1.165, 1.54) is 28.8 Å². The number of nitrogens with zero attached hydrogens (tertiary/aromatic N) is 7. The topological polar surface area (TPSA) is 72.1 Å². The number of benzene rings is 1. The van der Waals surface area contributed by atoms with Crippen LogP contribution in [0.4, 0.5) is 0 Å². The van der Waals surface area contributed by atoms with Gasteiger partial charge in [0.1, 0.15) is 0 Å². The Morgan fingerprint density at radius 2 is 2.03 bits per heavy atom. The molecule has 5 rings (SSSR count). The third-order valence-corrected chi connectivity index (χ3v) is 6.95. The second-order valence-electron chi connectivity index (χ2n) is 8.91. The molecule has 8 heteroatoms. The maximum Gasteiger partial charge on any atom is 0.276 e. The number of rotatable bonds is 6. The van der Waals surface area contributed by atoms with Crippen LogP contribution in [-0.2, 0) is 32.6 Å². The molecule has 0 unspecified atom stereocenters. The Morgan fingerprint density at radius 3 is 2.84 bits per heavy atom. The van der Waals surface area contributed by atoms with Crippen molar-refractivity contribution in [1.82, 2.24) is 34.6 Å². The van der Waals surface area contributed by atoms with E-state index in [2.05, 4.69) is 57.0 Å². The molecule has 168 valence electrons. The molecule has 1 fully saturated rings. The zero-order chi connectivity index (χ0) is 22.1. The summed E-state index contributed by atoms with van der Waals surface area (Å²) >= 11 is 0. The highest BCUT2D eigenvalue weighted by atomic mass is 16.2. The van der Waals surface area contributed by atoms with Crippen LogP contribution in [-0.4, -0.2) is 59.6 Å². The number of carbonyl (C=O) groups excluding carboxylic acids is 1. The summed E-state index contributed by atoms with van der Waals surface area (Å²) in [7, 11) is 0. The van der Waals surface area contributed by atoms with Crippen LogP contribution in [0.3, 0.4) is 0 Å². The van der Waals surface area contributed by atoms with Gasteiger partial charge in [0.05, 0.1) is 18.9 Å². The monoisotopic (exact) mass is 433 g/mol. The largest absolute Gasteiger partial charge is 0.333 e. The Hall–Kier alpha value is -3.00. The molecule has 32 heavy (non-hydrogen) atoms. The predicted octanol–water partition coefficient (Wildman–Crippen LogP) is 2.67. The molecule has 0 saturated carbocycles. The van der Waals surface area contributed by atoms with Crippen LogP contribution in [0.5, 0.6) is 0 Å². The van der Waals surface area contributed by atoms with Gasteiger partial charge in [0.25, 0.3) is 5.91 Å². The second-order valence-corrected chi connectivity index (χ2v) is 8.91. The van der Waals surface area contributed by atoms with Crippen molar-refractivity contribution in [2.24, 2.45) is 0 Å². The molecule has 1 saturated heterocycles. The molecule has 0 bridgehead atoms. The van der Waals surface area contributed by atoms with E-state index in [4.69, 9.17) is 0 Å². The summed E-state index contributed by atoms with van der Waals surface area (Å²) in [5.41, 5.74) is 5.53. The minimum atomic E-state index is -0.0309. The number of likely N-dealkylation sites (tertiary alicyclic amines) is 1. The Balaban J connectivity index is 1.23. The average molecular weight is 434 g/mol. The van der Waals surface area contributed by atoms with Gasteiger partial charge in [-0.1, -0.05) is 29.5 Å². The van der Waals surface area contributed by atoms with E-state index in [0.717, 1.165) is 45.6 Å². The summed E-state index contributed by atoms with van der Waals surface area (Å²) in [6.45, 7) is 9.27. The van der Waals surface area contributed by atoms with Gasteiger partial charge in [-0.2, -0.15) is 5.10 Å². The molecule has 0 aliphatic carbocycles. The standard InChI is InChI=1S/C24H31N7O/c1-3-31-18(2)21(13-25-31)15-28-11-6-9-22(28)16-30-17-23(26-27-30)24(32)29-12-10-19-7-4-5-8-20(19)14-29/h4-5,7-8,13,17,22H,3,6,9-12,14-16H2,1-2H3/t22-/m0/s1. The first-order valence-corrected chi connectivity index (χ1v) is 11.6. The molecule has 0 spiro atoms. The fourth-order valence-corrected chi connectivity index (χ4v) is 5.02. The van der Waals surface area contributed by atoms with Crippen molar-refractivity contribution in [2.75, 3.05) is 13.1 Å². The fourth-order valence-electron chi connectivity index (χ4n) is 5.02. The molecule has 8 nitrogen and oxygen atoms in total. The summed E-state index contributed by atoms with van der Waals surface area (Å²) in [5, 5.41) is 13.0. The van der Waals surface area contributed by atoms with E-state index >= 15 is 0 Å². The summed E-state index contributed by atoms with van der Waals surface area (Å²) < 4.78 is 3.89. The predicted molar refractivity (Wildman–Crippen MR) is 121 cm³/mol. The van der Waals surface area contributed by atoms with Crippen LogP contribution in [0.1, 0.15) is 52.6 Å². The summed E-state index contributed by atoms with van der Waals surface area (Å²) in [6.07, 6.45) is 7.02. The maximum absolute atomic E-state index is 13.0. The second kappa shape index (κ2) is 8.86. The molecule has 2 aliphatic heterocycles. The van der Waals surface area contributed by atoms with Crippen molar-refractivity contribution >= 4 is 5.91 Å². The van der Waals surface area contributed by atoms with E-state index in [1.807, 2.05) is 28.0 Å². The minimum absolute atomic E-state index is 0.0309. The molecular weight excluding hydrogens is 402 g/mol. The van der Waals surface area contributed by atoms with Crippen LogP contribution in [0, 0.1) is 6.92 Å². The van der Waals surface area contributed by atoms with Gasteiger partial charge in [0.15, 0.2) is 5.69 Å². The molecule has 3 aromatic rings. The number of carbonyl (C=O) groups is 1. The van der Waals surface area contributed by atoms with Crippen LogP contribution in [0.2, 0.25) is 0 Å². The third kappa shape index (κ3) is 4.07. The van der Waals surface area contributed by atoms with E-state index in [1.54, 1.807) is 0 Å². The molecule has 1 aromatic carbocycles. The van der Waals surface area contributed by atoms with Gasteiger partial charge in [0, 0.05) is 43.5 Å². The number of aromatic nitrogens is 5. The number of hydrogen-bond acceptors (Lipinski definition) is 5. The Morgan fingerprint density at radius 1 is 1.19 bits per heavy atom. The Kier molecular flexibility index (Phi) is 5.78. The molecular formula is C24H31N7O. The zero-order valence-electron chi connectivity index (χ0n) is 18.9. The molecule has 2 aromatic heterocycles. The molecule has 0 radical (unpaired) electrons. The first kappa shape index (κ1) is 20.9. The number of fused-ring (bicyclic) bond motifs is 1. The first-order valence-electron chi connectivity index (χ1n) is 11.6. The van der Waals surface area contributed by atoms with E-state index in [-0.39, 0.29) is 5.91 Å². The summed E-state index contributed by atoms with van der Waals surface area (Å²) in [6, 6.07) is 8.74. The van der Waals surface area contributed by atoms with Gasteiger partial charge >= 0.3 is 0 Å². The lowest BCUT2D eigenvalue weighted by molar-refractivity contribution is 0.0728. The maximum atomic E-state index is 13.0. The quantitative estimate of drug-likeness (QED) is 0.598. The van der Waals surface area contributed by atoms with Gasteiger partial charge in [-0.3, -0.25) is 19.1 Å². The van der Waals surface area contributed by atoms with Crippen molar-refractivity contribution in [2.45, 2.75) is 65.3 Å². The molecule has 2 aliphatic rings. The molecule has 1 atom stereocenters. The van der Waals surface area contributed by atoms with E-state index < -0.39 is 0 Å². The molecule has 1 amide bonds. The number of amides is 1. The fraction of sp³-hybridized carbons (Fsp3) is 0.500. The van der Waals surface area contributed by atoms with Crippen molar-refractivity contribution in [1.29, 1.82) is 0 Å². The number of hydrogen-bond donors (Lipinski definition) is 0. The third-order valence-electron chi connectivity index (χ3n) is 6.95. The minimum Gasteiger partial charge on any atom is -0.333 e. The Bertz CT molecular complexity index is 1100. The van der Waals surface area contributed by atoms with E-state index in [9.17, 15) is 4.79 Å². The Labute approximate surface area is 188 Å². The van der Waals surface area contributed by atoms with Gasteiger partial charge in [-0.25, -0.2) is 0 Å². The molecule has 0 N–H and O–H groups in total. The van der Waals surface area contributed by atoms with Crippen molar-refractivity contribution < 1.29 is 4.79 Å².